The molecule has 0 aromatic heterocycles. The number of amides is 1. The van der Waals surface area contributed by atoms with E-state index in [4.69, 9.17) is 5.73 Å². The summed E-state index contributed by atoms with van der Waals surface area (Å²) in [6.45, 7) is 8.21. The van der Waals surface area contributed by atoms with Crippen LogP contribution in [0.1, 0.15) is 47.0 Å². The Hall–Kier alpha value is -0.570. The molecule has 1 amide bonds. The minimum Gasteiger partial charge on any atom is -0.353 e. The predicted octanol–water partition coefficient (Wildman–Crippen LogP) is 1.66. The molecular weight excluding hydrogens is 176 g/mol. The fraction of sp³-hybridized carbons (Fsp3) is 0.909. The van der Waals surface area contributed by atoms with Crippen molar-refractivity contribution >= 4 is 5.91 Å². The number of rotatable bonds is 6. The molecule has 0 aliphatic rings. The second kappa shape index (κ2) is 6.82. The minimum atomic E-state index is 0.145. The van der Waals surface area contributed by atoms with E-state index in [0.29, 0.717) is 12.3 Å². The van der Waals surface area contributed by atoms with Crippen LogP contribution in [0.5, 0.6) is 0 Å². The lowest BCUT2D eigenvalue weighted by Crippen LogP contribution is -2.36. The molecule has 0 fully saturated rings. The monoisotopic (exact) mass is 200 g/mol. The fourth-order valence-corrected chi connectivity index (χ4v) is 1.08. The molecule has 0 aliphatic heterocycles. The molecule has 3 N–H and O–H groups in total. The number of hydrogen-bond donors (Lipinski definition) is 2. The van der Waals surface area contributed by atoms with Gasteiger partial charge in [0.2, 0.25) is 5.91 Å². The molecule has 0 radical (unpaired) electrons. The van der Waals surface area contributed by atoms with Gasteiger partial charge in [0.15, 0.2) is 0 Å². The topological polar surface area (TPSA) is 55.1 Å². The number of carbonyl (C=O) groups excluding carboxylic acids is 1. The molecule has 2 atom stereocenters. The normalized spacial score (nSPS) is 15.3. The van der Waals surface area contributed by atoms with Crippen molar-refractivity contribution in [1.82, 2.24) is 5.32 Å². The molecule has 0 heterocycles. The van der Waals surface area contributed by atoms with Crippen molar-refractivity contribution in [2.24, 2.45) is 11.7 Å². The lowest BCUT2D eigenvalue weighted by atomic mass is 10.1. The first-order valence-corrected chi connectivity index (χ1v) is 5.48. The van der Waals surface area contributed by atoms with E-state index < -0.39 is 0 Å². The maximum atomic E-state index is 11.4. The summed E-state index contributed by atoms with van der Waals surface area (Å²) in [6, 6.07) is 0.461. The van der Waals surface area contributed by atoms with E-state index in [9.17, 15) is 4.79 Å². The summed E-state index contributed by atoms with van der Waals surface area (Å²) in [5.41, 5.74) is 5.60. The summed E-state index contributed by atoms with van der Waals surface area (Å²) in [7, 11) is 0. The Morgan fingerprint density at radius 1 is 1.29 bits per heavy atom. The van der Waals surface area contributed by atoms with Crippen LogP contribution in [0.25, 0.3) is 0 Å². The molecule has 0 aromatic carbocycles. The third-order valence-corrected chi connectivity index (χ3v) is 2.45. The van der Waals surface area contributed by atoms with Gasteiger partial charge in [0.05, 0.1) is 0 Å². The van der Waals surface area contributed by atoms with Crippen LogP contribution >= 0.6 is 0 Å². The zero-order valence-electron chi connectivity index (χ0n) is 9.84. The van der Waals surface area contributed by atoms with E-state index in [1.54, 1.807) is 0 Å². The average Bonchev–Trinajstić information content (AvgIpc) is 2.02. The summed E-state index contributed by atoms with van der Waals surface area (Å²) in [5.74, 6) is 0.638. The van der Waals surface area contributed by atoms with Gasteiger partial charge in [-0.05, 0) is 32.6 Å². The van der Waals surface area contributed by atoms with Crippen LogP contribution in [0.2, 0.25) is 0 Å². The van der Waals surface area contributed by atoms with Crippen LogP contribution in [0, 0.1) is 5.92 Å². The highest BCUT2D eigenvalue weighted by molar-refractivity contribution is 5.76. The van der Waals surface area contributed by atoms with Crippen LogP contribution in [-0.2, 0) is 4.79 Å². The van der Waals surface area contributed by atoms with Crippen LogP contribution in [0.4, 0.5) is 0 Å². The molecule has 0 aromatic rings. The molecule has 0 saturated carbocycles. The molecule has 3 nitrogen and oxygen atoms in total. The molecule has 14 heavy (non-hydrogen) atoms. The quantitative estimate of drug-likeness (QED) is 0.685. The Bertz CT molecular complexity index is 167. The first-order chi connectivity index (χ1) is 6.43. The van der Waals surface area contributed by atoms with E-state index in [-0.39, 0.29) is 18.0 Å². The molecule has 0 aliphatic carbocycles. The zero-order valence-corrected chi connectivity index (χ0v) is 9.84. The molecule has 0 spiro atoms. The Kier molecular flexibility index (Phi) is 6.54. The first-order valence-electron chi connectivity index (χ1n) is 5.48. The molecule has 2 unspecified atom stereocenters. The average molecular weight is 200 g/mol. The van der Waals surface area contributed by atoms with E-state index in [2.05, 4.69) is 19.2 Å². The molecule has 0 rings (SSSR count). The van der Waals surface area contributed by atoms with Gasteiger partial charge in [0.25, 0.3) is 0 Å². The van der Waals surface area contributed by atoms with Gasteiger partial charge < -0.3 is 11.1 Å². The van der Waals surface area contributed by atoms with Crippen LogP contribution < -0.4 is 11.1 Å². The highest BCUT2D eigenvalue weighted by Gasteiger charge is 2.10. The Balaban J connectivity index is 3.55. The predicted molar refractivity (Wildman–Crippen MR) is 59.9 cm³/mol. The van der Waals surface area contributed by atoms with E-state index in [0.717, 1.165) is 12.8 Å². The maximum absolute atomic E-state index is 11.4. The van der Waals surface area contributed by atoms with Crippen LogP contribution in [0.3, 0.4) is 0 Å². The van der Waals surface area contributed by atoms with Gasteiger partial charge in [-0.25, -0.2) is 0 Å². The molecule has 0 bridgehead atoms. The Morgan fingerprint density at radius 3 is 2.29 bits per heavy atom. The third kappa shape index (κ3) is 6.89. The molecule has 84 valence electrons. The summed E-state index contributed by atoms with van der Waals surface area (Å²) in [5, 5.41) is 2.97. The van der Waals surface area contributed by atoms with Gasteiger partial charge in [-0.15, -0.1) is 0 Å². The smallest absolute Gasteiger partial charge is 0.220 e. The highest BCUT2D eigenvalue weighted by atomic mass is 16.1. The van der Waals surface area contributed by atoms with Crippen LogP contribution in [-0.4, -0.2) is 18.0 Å². The first kappa shape index (κ1) is 13.4. The highest BCUT2D eigenvalue weighted by Crippen LogP contribution is 2.02. The lowest BCUT2D eigenvalue weighted by Gasteiger charge is -2.17. The Labute approximate surface area is 87.4 Å². The van der Waals surface area contributed by atoms with Gasteiger partial charge >= 0.3 is 0 Å². The number of nitrogens with two attached hydrogens (primary N) is 1. The van der Waals surface area contributed by atoms with E-state index >= 15 is 0 Å². The minimum absolute atomic E-state index is 0.145. The van der Waals surface area contributed by atoms with Gasteiger partial charge in [-0.3, -0.25) is 4.79 Å². The van der Waals surface area contributed by atoms with Crippen molar-refractivity contribution < 1.29 is 4.79 Å². The van der Waals surface area contributed by atoms with Gasteiger partial charge in [-0.2, -0.15) is 0 Å². The zero-order chi connectivity index (χ0) is 11.1. The molecule has 3 heteroatoms. The van der Waals surface area contributed by atoms with Gasteiger partial charge in [0.1, 0.15) is 0 Å². The van der Waals surface area contributed by atoms with Crippen LogP contribution in [0.15, 0.2) is 0 Å². The van der Waals surface area contributed by atoms with Gasteiger partial charge in [-0.1, -0.05) is 13.8 Å². The van der Waals surface area contributed by atoms with Gasteiger partial charge in [0, 0.05) is 18.5 Å². The second-order valence-electron chi connectivity index (χ2n) is 4.47. The van der Waals surface area contributed by atoms with Crippen molar-refractivity contribution in [3.05, 3.63) is 0 Å². The largest absolute Gasteiger partial charge is 0.353 e. The van der Waals surface area contributed by atoms with E-state index in [1.165, 1.54) is 0 Å². The molecule has 0 saturated heterocycles. The fourth-order valence-electron chi connectivity index (χ4n) is 1.08. The summed E-state index contributed by atoms with van der Waals surface area (Å²) < 4.78 is 0. The van der Waals surface area contributed by atoms with E-state index in [1.807, 2.05) is 13.8 Å². The van der Waals surface area contributed by atoms with Crippen molar-refractivity contribution in [3.63, 3.8) is 0 Å². The lowest BCUT2D eigenvalue weighted by molar-refractivity contribution is -0.122. The number of hydrogen-bond acceptors (Lipinski definition) is 2. The van der Waals surface area contributed by atoms with Crippen molar-refractivity contribution in [2.75, 3.05) is 0 Å². The maximum Gasteiger partial charge on any atom is 0.220 e. The third-order valence-electron chi connectivity index (χ3n) is 2.45. The van der Waals surface area contributed by atoms with Crippen molar-refractivity contribution in [2.45, 2.75) is 59.0 Å². The Morgan fingerprint density at radius 2 is 1.86 bits per heavy atom. The SMILES string of the molecule is CC(N)CCCC(=O)NC(C)C(C)C. The number of carbonyl (C=O) groups is 1. The second-order valence-corrected chi connectivity index (χ2v) is 4.47. The summed E-state index contributed by atoms with van der Waals surface area (Å²) >= 11 is 0. The summed E-state index contributed by atoms with van der Waals surface area (Å²) in [4.78, 5) is 11.4. The standard InChI is InChI=1S/C11H24N2O/c1-8(2)10(4)13-11(14)7-5-6-9(3)12/h8-10H,5-7,12H2,1-4H3,(H,13,14). The van der Waals surface area contributed by atoms with Crippen molar-refractivity contribution in [1.29, 1.82) is 0 Å². The van der Waals surface area contributed by atoms with Crippen molar-refractivity contribution in [3.8, 4) is 0 Å². The number of nitrogens with one attached hydrogen (secondary N) is 1. The summed E-state index contributed by atoms with van der Waals surface area (Å²) in [6.07, 6.45) is 2.40. The molecular formula is C11H24N2O.